The first-order valence-electron chi connectivity index (χ1n) is 7.56. The summed E-state index contributed by atoms with van der Waals surface area (Å²) in [7, 11) is 0. The van der Waals surface area contributed by atoms with Crippen LogP contribution in [0.1, 0.15) is 27.9 Å². The molecule has 0 saturated heterocycles. The van der Waals surface area contributed by atoms with Gasteiger partial charge in [0.05, 0.1) is 22.3 Å². The van der Waals surface area contributed by atoms with Crippen molar-refractivity contribution >= 4 is 22.9 Å². The molecule has 24 heavy (non-hydrogen) atoms. The van der Waals surface area contributed by atoms with Crippen molar-refractivity contribution in [3.05, 3.63) is 70.0 Å². The predicted octanol–water partition coefficient (Wildman–Crippen LogP) is 4.50. The number of carbonyl (C=O) groups excluding carboxylic acids is 1. The molecule has 4 nitrogen and oxygen atoms in total. The maximum atomic E-state index is 12.3. The van der Waals surface area contributed by atoms with Crippen LogP contribution >= 0.6 is 11.3 Å². The molecule has 1 aromatic heterocycles. The molecule has 5 heteroatoms. The first kappa shape index (κ1) is 15.9. The lowest BCUT2D eigenvalue weighted by molar-refractivity contribution is 0.102. The van der Waals surface area contributed by atoms with Gasteiger partial charge in [-0.05, 0) is 36.8 Å². The number of carbonyl (C=O) groups is 1. The van der Waals surface area contributed by atoms with E-state index in [1.165, 1.54) is 0 Å². The Morgan fingerprint density at radius 3 is 2.71 bits per heavy atom. The van der Waals surface area contributed by atoms with Crippen molar-refractivity contribution in [2.75, 3.05) is 5.32 Å². The third-order valence-electron chi connectivity index (χ3n) is 3.55. The molecule has 118 valence electrons. The molecule has 1 heterocycles. The average Bonchev–Trinajstić information content (AvgIpc) is 3.11. The van der Waals surface area contributed by atoms with Crippen molar-refractivity contribution in [2.45, 2.75) is 13.3 Å². The Balaban J connectivity index is 1.75. The Hall–Kier alpha value is -2.97. The lowest BCUT2D eigenvalue weighted by Crippen LogP contribution is -2.11. The van der Waals surface area contributed by atoms with Crippen LogP contribution in [0.25, 0.3) is 11.3 Å². The highest BCUT2D eigenvalue weighted by Gasteiger charge is 2.08. The van der Waals surface area contributed by atoms with Crippen molar-refractivity contribution in [1.29, 1.82) is 5.26 Å². The first-order valence-corrected chi connectivity index (χ1v) is 8.44. The van der Waals surface area contributed by atoms with Gasteiger partial charge in [-0.1, -0.05) is 25.1 Å². The van der Waals surface area contributed by atoms with Gasteiger partial charge in [0.2, 0.25) is 0 Å². The fourth-order valence-electron chi connectivity index (χ4n) is 2.27. The van der Waals surface area contributed by atoms with Crippen LogP contribution in [0.4, 0.5) is 5.69 Å². The lowest BCUT2D eigenvalue weighted by atomic mass is 10.1. The van der Waals surface area contributed by atoms with Gasteiger partial charge in [-0.15, -0.1) is 11.3 Å². The number of nitrogens with one attached hydrogen (secondary N) is 1. The Morgan fingerprint density at radius 2 is 2.04 bits per heavy atom. The molecule has 0 atom stereocenters. The van der Waals surface area contributed by atoms with Crippen LogP contribution in [0.2, 0.25) is 0 Å². The molecule has 0 aliphatic carbocycles. The number of nitriles is 1. The van der Waals surface area contributed by atoms with Crippen LogP contribution < -0.4 is 5.32 Å². The minimum atomic E-state index is -0.204. The van der Waals surface area contributed by atoms with Gasteiger partial charge >= 0.3 is 0 Å². The molecule has 3 rings (SSSR count). The number of anilines is 1. The summed E-state index contributed by atoms with van der Waals surface area (Å²) in [5.41, 5.74) is 3.61. The van der Waals surface area contributed by atoms with E-state index in [2.05, 4.69) is 23.3 Å². The Labute approximate surface area is 144 Å². The molecule has 1 amide bonds. The van der Waals surface area contributed by atoms with Crippen LogP contribution in [0.15, 0.2) is 53.9 Å². The predicted molar refractivity (Wildman–Crippen MR) is 96.0 cm³/mol. The monoisotopic (exact) mass is 333 g/mol. The van der Waals surface area contributed by atoms with Gasteiger partial charge in [0.1, 0.15) is 0 Å². The molecule has 0 radical (unpaired) electrons. The first-order chi connectivity index (χ1) is 11.7. The summed E-state index contributed by atoms with van der Waals surface area (Å²) in [5.74, 6) is -0.204. The highest BCUT2D eigenvalue weighted by atomic mass is 32.1. The van der Waals surface area contributed by atoms with Gasteiger partial charge < -0.3 is 5.32 Å². The number of aromatic nitrogens is 1. The number of hydrogen-bond acceptors (Lipinski definition) is 4. The minimum Gasteiger partial charge on any atom is -0.322 e. The topological polar surface area (TPSA) is 65.8 Å². The van der Waals surface area contributed by atoms with E-state index in [9.17, 15) is 4.79 Å². The molecule has 1 N–H and O–H groups in total. The number of nitrogens with zero attached hydrogens (tertiary/aromatic N) is 2. The van der Waals surface area contributed by atoms with E-state index in [-0.39, 0.29) is 5.91 Å². The van der Waals surface area contributed by atoms with Crippen molar-refractivity contribution in [1.82, 2.24) is 4.98 Å². The molecule has 2 aromatic carbocycles. The van der Waals surface area contributed by atoms with Gasteiger partial charge in [-0.3, -0.25) is 4.79 Å². The maximum absolute atomic E-state index is 12.3. The SMILES string of the molecule is CCc1nc(-c2ccc(C(=O)Nc3cccc(C#N)c3)cc2)cs1. The molecule has 0 saturated carbocycles. The minimum absolute atomic E-state index is 0.204. The maximum Gasteiger partial charge on any atom is 0.255 e. The molecular weight excluding hydrogens is 318 g/mol. The highest BCUT2D eigenvalue weighted by molar-refractivity contribution is 7.09. The third kappa shape index (κ3) is 3.50. The molecule has 0 aliphatic heterocycles. The summed E-state index contributed by atoms with van der Waals surface area (Å²) >= 11 is 1.64. The number of rotatable bonds is 4. The fourth-order valence-corrected chi connectivity index (χ4v) is 3.02. The number of benzene rings is 2. The van der Waals surface area contributed by atoms with Crippen LogP contribution in [0.5, 0.6) is 0 Å². The Bertz CT molecular complexity index is 907. The van der Waals surface area contributed by atoms with E-state index in [0.29, 0.717) is 16.8 Å². The van der Waals surface area contributed by atoms with Crippen LogP contribution in [-0.2, 0) is 6.42 Å². The summed E-state index contributed by atoms with van der Waals surface area (Å²) < 4.78 is 0. The number of amides is 1. The Morgan fingerprint density at radius 1 is 1.25 bits per heavy atom. The number of thiazole rings is 1. The molecule has 0 bridgehead atoms. The van der Waals surface area contributed by atoms with Crippen molar-refractivity contribution in [3.63, 3.8) is 0 Å². The van der Waals surface area contributed by atoms with Crippen molar-refractivity contribution < 1.29 is 4.79 Å². The molecule has 0 fully saturated rings. The fraction of sp³-hybridized carbons (Fsp3) is 0.105. The van der Waals surface area contributed by atoms with Crippen LogP contribution in [0.3, 0.4) is 0 Å². The van der Waals surface area contributed by atoms with Gasteiger partial charge in [0, 0.05) is 22.2 Å². The number of aryl methyl sites for hydroxylation is 1. The second-order valence-corrected chi connectivity index (χ2v) is 6.15. The third-order valence-corrected chi connectivity index (χ3v) is 4.54. The van der Waals surface area contributed by atoms with E-state index >= 15 is 0 Å². The quantitative estimate of drug-likeness (QED) is 0.764. The van der Waals surface area contributed by atoms with Gasteiger partial charge in [-0.2, -0.15) is 5.26 Å². The molecule has 3 aromatic rings. The summed E-state index contributed by atoms with van der Waals surface area (Å²) in [6.45, 7) is 2.08. The standard InChI is InChI=1S/C19H15N3OS/c1-2-18-22-17(12-24-18)14-6-8-15(9-7-14)19(23)21-16-5-3-4-13(10-16)11-20/h3-10,12H,2H2,1H3,(H,21,23). The molecule has 0 aliphatic rings. The molecule has 0 unspecified atom stereocenters. The van der Waals surface area contributed by atoms with E-state index in [4.69, 9.17) is 5.26 Å². The normalized spacial score (nSPS) is 10.2. The van der Waals surface area contributed by atoms with Gasteiger partial charge in [0.15, 0.2) is 0 Å². The van der Waals surface area contributed by atoms with Gasteiger partial charge in [0.25, 0.3) is 5.91 Å². The summed E-state index contributed by atoms with van der Waals surface area (Å²) in [6, 6.07) is 16.3. The summed E-state index contributed by atoms with van der Waals surface area (Å²) in [6.07, 6.45) is 0.924. The van der Waals surface area contributed by atoms with E-state index in [0.717, 1.165) is 22.7 Å². The van der Waals surface area contributed by atoms with Crippen LogP contribution in [-0.4, -0.2) is 10.9 Å². The van der Waals surface area contributed by atoms with E-state index < -0.39 is 0 Å². The highest BCUT2D eigenvalue weighted by Crippen LogP contribution is 2.23. The van der Waals surface area contributed by atoms with E-state index in [1.807, 2.05) is 17.5 Å². The van der Waals surface area contributed by atoms with Crippen molar-refractivity contribution in [3.8, 4) is 17.3 Å². The zero-order valence-corrected chi connectivity index (χ0v) is 13.9. The van der Waals surface area contributed by atoms with Crippen LogP contribution in [0, 0.1) is 11.3 Å². The molecule has 0 spiro atoms. The average molecular weight is 333 g/mol. The summed E-state index contributed by atoms with van der Waals surface area (Å²) in [4.78, 5) is 16.9. The smallest absolute Gasteiger partial charge is 0.255 e. The second-order valence-electron chi connectivity index (χ2n) is 5.20. The van der Waals surface area contributed by atoms with Gasteiger partial charge in [-0.25, -0.2) is 4.98 Å². The number of hydrogen-bond donors (Lipinski definition) is 1. The zero-order chi connectivity index (χ0) is 16.9. The van der Waals surface area contributed by atoms with Crippen molar-refractivity contribution in [2.24, 2.45) is 0 Å². The van der Waals surface area contributed by atoms with E-state index in [1.54, 1.807) is 47.7 Å². The second kappa shape index (κ2) is 7.07. The zero-order valence-electron chi connectivity index (χ0n) is 13.1. The summed E-state index contributed by atoms with van der Waals surface area (Å²) in [5, 5.41) is 14.8. The molecular formula is C19H15N3OS. The Kier molecular flexibility index (Phi) is 4.69. The lowest BCUT2D eigenvalue weighted by Gasteiger charge is -2.06. The largest absolute Gasteiger partial charge is 0.322 e.